The number of anilines is 1. The third kappa shape index (κ3) is 3.41. The molecule has 2 rings (SSSR count). The molecule has 0 bridgehead atoms. The average Bonchev–Trinajstić information content (AvgIpc) is 2.29. The molecule has 0 radical (unpaired) electrons. The van der Waals surface area contributed by atoms with E-state index < -0.39 is 0 Å². The van der Waals surface area contributed by atoms with Crippen LogP contribution < -0.4 is 5.43 Å². The Hall–Kier alpha value is -2.16. The van der Waals surface area contributed by atoms with Gasteiger partial charge in [-0.1, -0.05) is 29.5 Å². The Bertz CT molecular complexity index is 532. The van der Waals surface area contributed by atoms with Crippen molar-refractivity contribution in [3.05, 3.63) is 59.7 Å². The molecule has 2 aromatic carbocycles. The number of hydrogen-bond donors (Lipinski definition) is 1. The summed E-state index contributed by atoms with van der Waals surface area (Å²) < 4.78 is 0. The van der Waals surface area contributed by atoms with Gasteiger partial charge in [0.15, 0.2) is 0 Å². The summed E-state index contributed by atoms with van der Waals surface area (Å²) in [6.07, 6.45) is 0. The van der Waals surface area contributed by atoms with Crippen molar-refractivity contribution in [3.63, 3.8) is 0 Å². The summed E-state index contributed by atoms with van der Waals surface area (Å²) in [6.45, 7) is 4.08. The minimum atomic E-state index is 0.852. The summed E-state index contributed by atoms with van der Waals surface area (Å²) in [5.74, 6) is 0. The smallest absolute Gasteiger partial charge is 0.0876 e. The van der Waals surface area contributed by atoms with Crippen LogP contribution >= 0.6 is 0 Å². The molecule has 0 aliphatic rings. The molecule has 3 heteroatoms. The van der Waals surface area contributed by atoms with Gasteiger partial charge in [-0.05, 0) is 49.2 Å². The van der Waals surface area contributed by atoms with E-state index in [4.69, 9.17) is 0 Å². The zero-order valence-corrected chi connectivity index (χ0v) is 10.0. The average molecular weight is 225 g/mol. The highest BCUT2D eigenvalue weighted by Crippen LogP contribution is 2.15. The largest absolute Gasteiger partial charge is 0.260 e. The van der Waals surface area contributed by atoms with Crippen molar-refractivity contribution in [3.8, 4) is 0 Å². The van der Waals surface area contributed by atoms with Crippen molar-refractivity contribution in [2.24, 2.45) is 10.3 Å². The van der Waals surface area contributed by atoms with Crippen molar-refractivity contribution >= 4 is 11.4 Å². The van der Waals surface area contributed by atoms with Crippen LogP contribution in [0.4, 0.5) is 11.4 Å². The van der Waals surface area contributed by atoms with Gasteiger partial charge in [-0.3, -0.25) is 5.43 Å². The monoisotopic (exact) mass is 225 g/mol. The van der Waals surface area contributed by atoms with Crippen LogP contribution in [0, 0.1) is 13.8 Å². The minimum Gasteiger partial charge on any atom is -0.260 e. The molecular formula is C14H15N3. The van der Waals surface area contributed by atoms with Gasteiger partial charge >= 0.3 is 0 Å². The predicted molar refractivity (Wildman–Crippen MR) is 70.5 cm³/mol. The maximum Gasteiger partial charge on any atom is 0.0876 e. The molecule has 0 amide bonds. The van der Waals surface area contributed by atoms with Crippen LogP contribution in [0.25, 0.3) is 0 Å². The molecule has 0 aliphatic heterocycles. The third-order valence-corrected chi connectivity index (χ3v) is 2.36. The van der Waals surface area contributed by atoms with Crippen LogP contribution in [-0.4, -0.2) is 0 Å². The first-order valence-electron chi connectivity index (χ1n) is 5.54. The molecule has 0 aliphatic carbocycles. The van der Waals surface area contributed by atoms with Crippen LogP contribution in [-0.2, 0) is 0 Å². The number of nitrogens with zero attached hydrogens (tertiary/aromatic N) is 2. The van der Waals surface area contributed by atoms with Gasteiger partial charge in [0.1, 0.15) is 0 Å². The highest BCUT2D eigenvalue weighted by Gasteiger charge is 1.91. The van der Waals surface area contributed by atoms with Crippen molar-refractivity contribution in [2.75, 3.05) is 5.43 Å². The molecule has 0 atom stereocenters. The number of rotatable bonds is 3. The quantitative estimate of drug-likeness (QED) is 0.609. The first kappa shape index (κ1) is 11.3. The van der Waals surface area contributed by atoms with Crippen LogP contribution in [0.3, 0.4) is 0 Å². The van der Waals surface area contributed by atoms with Gasteiger partial charge in [-0.25, -0.2) is 0 Å². The Morgan fingerprint density at radius 1 is 0.882 bits per heavy atom. The van der Waals surface area contributed by atoms with Gasteiger partial charge in [0, 0.05) is 0 Å². The summed E-state index contributed by atoms with van der Waals surface area (Å²) in [6, 6.07) is 15.9. The minimum absolute atomic E-state index is 0.852. The lowest BCUT2D eigenvalue weighted by Gasteiger charge is -1.99. The molecule has 0 aromatic heterocycles. The lowest BCUT2D eigenvalue weighted by Crippen LogP contribution is -1.86. The predicted octanol–water partition coefficient (Wildman–Crippen LogP) is 4.41. The number of aryl methyl sites for hydroxylation is 2. The van der Waals surface area contributed by atoms with Gasteiger partial charge in [0.25, 0.3) is 0 Å². The topological polar surface area (TPSA) is 36.8 Å². The Labute approximate surface area is 101 Å². The summed E-state index contributed by atoms with van der Waals surface area (Å²) in [5, 5.41) is 8.07. The fraction of sp³-hybridized carbons (Fsp3) is 0.143. The normalized spacial score (nSPS) is 10.7. The van der Waals surface area contributed by atoms with Crippen LogP contribution in [0.5, 0.6) is 0 Å². The van der Waals surface area contributed by atoms with Crippen LogP contribution in [0.15, 0.2) is 58.9 Å². The van der Waals surface area contributed by atoms with Crippen molar-refractivity contribution < 1.29 is 0 Å². The van der Waals surface area contributed by atoms with E-state index in [0.29, 0.717) is 0 Å². The van der Waals surface area contributed by atoms with E-state index in [-0.39, 0.29) is 0 Å². The van der Waals surface area contributed by atoms with Crippen molar-refractivity contribution in [1.29, 1.82) is 0 Å². The zero-order chi connectivity index (χ0) is 12.1. The van der Waals surface area contributed by atoms with Crippen LogP contribution in [0.2, 0.25) is 0 Å². The molecule has 2 aromatic rings. The molecule has 3 nitrogen and oxygen atoms in total. The molecule has 1 N–H and O–H groups in total. The highest BCUT2D eigenvalue weighted by atomic mass is 15.4. The standard InChI is InChI=1S/C14H15N3/c1-11-5-3-7-13(9-11)15-17-16-14-8-4-6-12(2)10-14/h3-10H,1-2H3,(H,15,16). The van der Waals surface area contributed by atoms with Gasteiger partial charge in [-0.15, -0.1) is 5.11 Å². The molecule has 86 valence electrons. The Kier molecular flexibility index (Phi) is 3.50. The van der Waals surface area contributed by atoms with Gasteiger partial charge in [0.05, 0.1) is 11.4 Å². The molecule has 0 unspecified atom stereocenters. The number of benzene rings is 2. The van der Waals surface area contributed by atoms with Gasteiger partial charge in [0.2, 0.25) is 0 Å². The van der Waals surface area contributed by atoms with E-state index in [2.05, 4.69) is 15.8 Å². The summed E-state index contributed by atoms with van der Waals surface area (Å²) >= 11 is 0. The Morgan fingerprint density at radius 2 is 1.59 bits per heavy atom. The summed E-state index contributed by atoms with van der Waals surface area (Å²) in [4.78, 5) is 0. The SMILES string of the molecule is Cc1cccc(N=NNc2cccc(C)c2)c1. The molecule has 0 spiro atoms. The van der Waals surface area contributed by atoms with E-state index in [1.807, 2.05) is 62.4 Å². The molecule has 0 fully saturated rings. The summed E-state index contributed by atoms with van der Waals surface area (Å²) in [5.41, 5.74) is 7.08. The van der Waals surface area contributed by atoms with E-state index in [0.717, 1.165) is 11.4 Å². The van der Waals surface area contributed by atoms with Gasteiger partial charge in [-0.2, -0.15) is 0 Å². The van der Waals surface area contributed by atoms with E-state index in [9.17, 15) is 0 Å². The van der Waals surface area contributed by atoms with Gasteiger partial charge < -0.3 is 0 Å². The van der Waals surface area contributed by atoms with E-state index in [1.54, 1.807) is 0 Å². The second kappa shape index (κ2) is 5.25. The number of hydrogen-bond acceptors (Lipinski definition) is 2. The van der Waals surface area contributed by atoms with E-state index >= 15 is 0 Å². The fourth-order valence-corrected chi connectivity index (χ4v) is 1.55. The van der Waals surface area contributed by atoms with Crippen LogP contribution in [0.1, 0.15) is 11.1 Å². The number of nitrogens with one attached hydrogen (secondary N) is 1. The zero-order valence-electron chi connectivity index (χ0n) is 10.0. The van der Waals surface area contributed by atoms with E-state index in [1.165, 1.54) is 11.1 Å². The first-order valence-corrected chi connectivity index (χ1v) is 5.54. The Balaban J connectivity index is 2.03. The summed E-state index contributed by atoms with van der Waals surface area (Å²) in [7, 11) is 0. The maximum atomic E-state index is 4.11. The lowest BCUT2D eigenvalue weighted by molar-refractivity contribution is 1.13. The fourth-order valence-electron chi connectivity index (χ4n) is 1.55. The molecule has 0 saturated heterocycles. The Morgan fingerprint density at radius 3 is 2.29 bits per heavy atom. The highest BCUT2D eigenvalue weighted by molar-refractivity contribution is 5.45. The second-order valence-electron chi connectivity index (χ2n) is 4.02. The lowest BCUT2D eigenvalue weighted by atomic mass is 10.2. The third-order valence-electron chi connectivity index (χ3n) is 2.36. The maximum absolute atomic E-state index is 4.11. The molecule has 0 saturated carbocycles. The van der Waals surface area contributed by atoms with Crippen molar-refractivity contribution in [2.45, 2.75) is 13.8 Å². The van der Waals surface area contributed by atoms with Crippen molar-refractivity contribution in [1.82, 2.24) is 0 Å². The molecular weight excluding hydrogens is 210 g/mol. The first-order chi connectivity index (χ1) is 8.24. The second-order valence-corrected chi connectivity index (χ2v) is 4.02. The molecule has 0 heterocycles. The molecule has 17 heavy (non-hydrogen) atoms.